The predicted molar refractivity (Wildman–Crippen MR) is 59.3 cm³/mol. The summed E-state index contributed by atoms with van der Waals surface area (Å²) < 4.78 is 2.13. The molecule has 0 spiro atoms. The van der Waals surface area contributed by atoms with Gasteiger partial charge in [0.25, 0.3) is 0 Å². The molecule has 0 atom stereocenters. The third kappa shape index (κ3) is 2.56. The van der Waals surface area contributed by atoms with E-state index in [1.54, 1.807) is 0 Å². The van der Waals surface area contributed by atoms with Crippen LogP contribution in [0.5, 0.6) is 0 Å². The lowest BCUT2D eigenvalue weighted by atomic mass is 9.84. The first-order valence-electron chi connectivity index (χ1n) is 5.92. The smallest absolute Gasteiger partial charge is 0.133 e. The van der Waals surface area contributed by atoms with E-state index in [2.05, 4.69) is 21.7 Å². The normalized spacial score (nSPS) is 26.8. The van der Waals surface area contributed by atoms with Gasteiger partial charge in [-0.1, -0.05) is 0 Å². The molecule has 0 unspecified atom stereocenters. The van der Waals surface area contributed by atoms with E-state index in [0.29, 0.717) is 6.04 Å². The van der Waals surface area contributed by atoms with Crippen molar-refractivity contribution in [1.29, 1.82) is 0 Å². The highest BCUT2D eigenvalue weighted by Gasteiger charge is 2.20. The molecule has 0 amide bonds. The molecule has 1 aromatic rings. The van der Waals surface area contributed by atoms with Gasteiger partial charge in [-0.05, 0) is 38.5 Å². The summed E-state index contributed by atoms with van der Waals surface area (Å²) in [4.78, 5) is 0. The summed E-state index contributed by atoms with van der Waals surface area (Å²) in [6, 6.07) is 0.435. The van der Waals surface area contributed by atoms with Crippen LogP contribution in [-0.4, -0.2) is 20.8 Å². The zero-order valence-corrected chi connectivity index (χ0v) is 9.39. The maximum absolute atomic E-state index is 5.89. The molecule has 2 N–H and O–H groups in total. The van der Waals surface area contributed by atoms with E-state index >= 15 is 0 Å². The summed E-state index contributed by atoms with van der Waals surface area (Å²) in [6.07, 6.45) is 7.73. The quantitative estimate of drug-likeness (QED) is 0.816. The van der Waals surface area contributed by atoms with Gasteiger partial charge in [0.1, 0.15) is 12.2 Å². The van der Waals surface area contributed by atoms with Gasteiger partial charge in [0, 0.05) is 19.0 Å². The highest BCUT2D eigenvalue weighted by atomic mass is 15.3. The summed E-state index contributed by atoms with van der Waals surface area (Å²) in [5.74, 6) is 1.90. The van der Waals surface area contributed by atoms with Crippen LogP contribution in [0.4, 0.5) is 0 Å². The van der Waals surface area contributed by atoms with Crippen molar-refractivity contribution < 1.29 is 0 Å². The van der Waals surface area contributed by atoms with Crippen LogP contribution >= 0.6 is 0 Å². The minimum atomic E-state index is 0.435. The van der Waals surface area contributed by atoms with Crippen LogP contribution in [-0.2, 0) is 13.0 Å². The third-order valence-corrected chi connectivity index (χ3v) is 3.40. The number of hydrogen-bond donors (Lipinski definition) is 1. The lowest BCUT2D eigenvalue weighted by molar-refractivity contribution is 0.318. The van der Waals surface area contributed by atoms with Crippen LogP contribution in [0, 0.1) is 5.92 Å². The van der Waals surface area contributed by atoms with Gasteiger partial charge in [-0.3, -0.25) is 0 Å². The van der Waals surface area contributed by atoms with Crippen LogP contribution in [0.2, 0.25) is 0 Å². The van der Waals surface area contributed by atoms with E-state index in [1.807, 2.05) is 6.33 Å². The largest absolute Gasteiger partial charge is 0.328 e. The first-order chi connectivity index (χ1) is 7.29. The fourth-order valence-corrected chi connectivity index (χ4v) is 2.35. The highest BCUT2D eigenvalue weighted by Crippen LogP contribution is 2.25. The molecule has 1 aromatic heterocycles. The first kappa shape index (κ1) is 10.6. The van der Waals surface area contributed by atoms with Crippen molar-refractivity contribution in [3.05, 3.63) is 12.2 Å². The number of nitrogens with zero attached hydrogens (tertiary/aromatic N) is 3. The van der Waals surface area contributed by atoms with Crippen LogP contribution < -0.4 is 5.73 Å². The molecule has 1 fully saturated rings. The van der Waals surface area contributed by atoms with Gasteiger partial charge in [0.15, 0.2) is 0 Å². The number of aromatic nitrogens is 3. The molecule has 4 nitrogen and oxygen atoms in total. The zero-order valence-electron chi connectivity index (χ0n) is 9.39. The molecular weight excluding hydrogens is 188 g/mol. The summed E-state index contributed by atoms with van der Waals surface area (Å²) in [6.45, 7) is 3.10. The molecule has 0 aliphatic heterocycles. The van der Waals surface area contributed by atoms with Crippen molar-refractivity contribution in [2.45, 2.75) is 51.6 Å². The second-order valence-electron chi connectivity index (χ2n) is 4.52. The van der Waals surface area contributed by atoms with Gasteiger partial charge in [-0.2, -0.15) is 0 Å². The van der Waals surface area contributed by atoms with E-state index in [0.717, 1.165) is 24.7 Å². The van der Waals surface area contributed by atoms with Crippen molar-refractivity contribution in [2.75, 3.05) is 0 Å². The number of nitrogens with two attached hydrogens (primary N) is 1. The van der Waals surface area contributed by atoms with Crippen molar-refractivity contribution in [3.8, 4) is 0 Å². The molecule has 15 heavy (non-hydrogen) atoms. The van der Waals surface area contributed by atoms with E-state index in [9.17, 15) is 0 Å². The van der Waals surface area contributed by atoms with E-state index < -0.39 is 0 Å². The topological polar surface area (TPSA) is 56.7 Å². The molecule has 2 rings (SSSR count). The molecule has 1 aliphatic carbocycles. The third-order valence-electron chi connectivity index (χ3n) is 3.40. The van der Waals surface area contributed by atoms with Crippen molar-refractivity contribution in [1.82, 2.24) is 14.8 Å². The zero-order chi connectivity index (χ0) is 10.7. The first-order valence-corrected chi connectivity index (χ1v) is 5.92. The van der Waals surface area contributed by atoms with Crippen molar-refractivity contribution in [2.24, 2.45) is 11.7 Å². The Balaban J connectivity index is 1.91. The molecule has 0 saturated heterocycles. The molecule has 1 saturated carbocycles. The predicted octanol–water partition coefficient (Wildman–Crippen LogP) is 1.36. The molecule has 84 valence electrons. The van der Waals surface area contributed by atoms with Gasteiger partial charge < -0.3 is 10.3 Å². The number of aryl methyl sites for hydroxylation is 1. The maximum Gasteiger partial charge on any atom is 0.133 e. The number of hydrogen-bond acceptors (Lipinski definition) is 3. The van der Waals surface area contributed by atoms with E-state index in [4.69, 9.17) is 5.73 Å². The monoisotopic (exact) mass is 208 g/mol. The fourth-order valence-electron chi connectivity index (χ4n) is 2.35. The van der Waals surface area contributed by atoms with Gasteiger partial charge >= 0.3 is 0 Å². The lowest BCUT2D eigenvalue weighted by Gasteiger charge is -2.25. The average molecular weight is 208 g/mol. The Morgan fingerprint density at radius 3 is 2.80 bits per heavy atom. The Labute approximate surface area is 90.9 Å². The molecular formula is C11H20N4. The van der Waals surface area contributed by atoms with Crippen LogP contribution in [0.1, 0.15) is 38.4 Å². The van der Waals surface area contributed by atoms with Gasteiger partial charge in [0.05, 0.1) is 0 Å². The molecule has 1 aliphatic rings. The van der Waals surface area contributed by atoms with Gasteiger partial charge in [0.2, 0.25) is 0 Å². The molecule has 1 heterocycles. The summed E-state index contributed by atoms with van der Waals surface area (Å²) >= 11 is 0. The maximum atomic E-state index is 5.89. The second kappa shape index (κ2) is 4.75. The fraction of sp³-hybridized carbons (Fsp3) is 0.818. The number of rotatable bonds is 3. The van der Waals surface area contributed by atoms with Gasteiger partial charge in [-0.25, -0.2) is 0 Å². The standard InChI is InChI=1S/C11H20N4/c1-2-15-8-13-14-11(15)7-9-3-5-10(12)6-4-9/h8-10H,2-7,12H2,1H3. The Bertz CT molecular complexity index is 299. The minimum absolute atomic E-state index is 0.435. The van der Waals surface area contributed by atoms with Crippen molar-refractivity contribution >= 4 is 0 Å². The second-order valence-corrected chi connectivity index (χ2v) is 4.52. The van der Waals surface area contributed by atoms with Crippen LogP contribution in [0.25, 0.3) is 0 Å². The molecule has 4 heteroatoms. The van der Waals surface area contributed by atoms with E-state index in [1.165, 1.54) is 25.7 Å². The Hall–Kier alpha value is -0.900. The van der Waals surface area contributed by atoms with E-state index in [-0.39, 0.29) is 0 Å². The SMILES string of the molecule is CCn1cnnc1CC1CCC(N)CC1. The summed E-state index contributed by atoms with van der Waals surface area (Å²) in [5, 5.41) is 8.14. The van der Waals surface area contributed by atoms with Crippen LogP contribution in [0.15, 0.2) is 6.33 Å². The molecule has 0 bridgehead atoms. The Morgan fingerprint density at radius 2 is 2.13 bits per heavy atom. The molecule has 0 aromatic carbocycles. The Morgan fingerprint density at radius 1 is 1.40 bits per heavy atom. The van der Waals surface area contributed by atoms with Gasteiger partial charge in [-0.15, -0.1) is 10.2 Å². The Kier molecular flexibility index (Phi) is 3.36. The summed E-state index contributed by atoms with van der Waals surface area (Å²) in [7, 11) is 0. The molecule has 0 radical (unpaired) electrons. The highest BCUT2D eigenvalue weighted by molar-refractivity contribution is 4.90. The minimum Gasteiger partial charge on any atom is -0.328 e. The average Bonchev–Trinajstić information content (AvgIpc) is 2.69. The lowest BCUT2D eigenvalue weighted by Crippen LogP contribution is -2.27. The van der Waals surface area contributed by atoms with Crippen LogP contribution in [0.3, 0.4) is 0 Å². The summed E-state index contributed by atoms with van der Waals surface area (Å²) in [5.41, 5.74) is 5.89. The van der Waals surface area contributed by atoms with Crippen molar-refractivity contribution in [3.63, 3.8) is 0 Å².